The van der Waals surface area contributed by atoms with Crippen LogP contribution in [0.1, 0.15) is 31.2 Å². The smallest absolute Gasteiger partial charge is 0.152 e. The number of pyridine rings is 1. The third kappa shape index (κ3) is 1.69. The Hall–Kier alpha value is -0.760. The second-order valence-electron chi connectivity index (χ2n) is 5.22. The number of halogens is 1. The van der Waals surface area contributed by atoms with Crippen molar-refractivity contribution in [2.45, 2.75) is 38.6 Å². The van der Waals surface area contributed by atoms with Gasteiger partial charge in [-0.2, -0.15) is 0 Å². The van der Waals surface area contributed by atoms with Crippen molar-refractivity contribution in [3.63, 3.8) is 0 Å². The van der Waals surface area contributed by atoms with E-state index in [0.29, 0.717) is 11.2 Å². The maximum absolute atomic E-state index is 6.14. The molecule has 2 nitrogen and oxygen atoms in total. The quantitative estimate of drug-likeness (QED) is 0.793. The van der Waals surface area contributed by atoms with Crippen LogP contribution >= 0.6 is 11.6 Å². The van der Waals surface area contributed by atoms with Gasteiger partial charge in [0.15, 0.2) is 5.15 Å². The Labute approximate surface area is 101 Å². The lowest BCUT2D eigenvalue weighted by Crippen LogP contribution is -2.26. The Morgan fingerprint density at radius 3 is 2.88 bits per heavy atom. The minimum atomic E-state index is 0.614. The molecular weight excluding hydrogens is 220 g/mol. The topological polar surface area (TPSA) is 24.9 Å². The summed E-state index contributed by atoms with van der Waals surface area (Å²) >= 11 is 6.14. The molecule has 1 aromatic heterocycles. The number of rotatable bonds is 2. The second kappa shape index (κ2) is 3.92. The first kappa shape index (κ1) is 10.4. The minimum absolute atomic E-state index is 0.614. The van der Waals surface area contributed by atoms with Crippen molar-refractivity contribution in [3.8, 4) is 0 Å². The second-order valence-corrected chi connectivity index (χ2v) is 5.58. The third-order valence-corrected chi connectivity index (χ3v) is 4.47. The predicted molar refractivity (Wildman–Crippen MR) is 66.8 cm³/mol. The van der Waals surface area contributed by atoms with E-state index in [1.807, 2.05) is 6.07 Å². The standard InChI is InChI=1S/C13H17ClN2/c1-8-4-5-15-13(14)12(8)16-11-7-9-2-3-10(11)6-9/h4-5,9-11,16H,2-3,6-7H2,1H3. The van der Waals surface area contributed by atoms with E-state index >= 15 is 0 Å². The summed E-state index contributed by atoms with van der Waals surface area (Å²) < 4.78 is 0. The van der Waals surface area contributed by atoms with Gasteiger partial charge in [0.05, 0.1) is 5.69 Å². The molecular formula is C13H17ClN2. The van der Waals surface area contributed by atoms with Crippen molar-refractivity contribution in [3.05, 3.63) is 23.0 Å². The lowest BCUT2D eigenvalue weighted by atomic mass is 9.95. The Balaban J connectivity index is 1.79. The summed E-state index contributed by atoms with van der Waals surface area (Å²) in [5.41, 5.74) is 2.24. The van der Waals surface area contributed by atoms with Crippen molar-refractivity contribution in [1.29, 1.82) is 0 Å². The van der Waals surface area contributed by atoms with E-state index in [1.54, 1.807) is 6.20 Å². The summed E-state index contributed by atoms with van der Waals surface area (Å²) in [6.45, 7) is 2.09. The molecule has 16 heavy (non-hydrogen) atoms. The highest BCUT2D eigenvalue weighted by molar-refractivity contribution is 6.32. The zero-order valence-corrected chi connectivity index (χ0v) is 10.3. The highest BCUT2D eigenvalue weighted by Gasteiger charge is 2.39. The number of fused-ring (bicyclic) bond motifs is 2. The van der Waals surface area contributed by atoms with E-state index < -0.39 is 0 Å². The SMILES string of the molecule is Cc1ccnc(Cl)c1NC1CC2CCC1C2. The Morgan fingerprint density at radius 2 is 2.25 bits per heavy atom. The number of aryl methyl sites for hydroxylation is 1. The molecule has 0 aliphatic heterocycles. The number of hydrogen-bond donors (Lipinski definition) is 1. The summed E-state index contributed by atoms with van der Waals surface area (Å²) in [4.78, 5) is 4.15. The molecule has 0 aromatic carbocycles. The summed E-state index contributed by atoms with van der Waals surface area (Å²) in [7, 11) is 0. The van der Waals surface area contributed by atoms with Gasteiger partial charge in [-0.15, -0.1) is 0 Å². The molecule has 0 amide bonds. The minimum Gasteiger partial charge on any atom is -0.379 e. The average Bonchev–Trinajstić information content (AvgIpc) is 2.85. The molecule has 2 aliphatic carbocycles. The molecule has 0 spiro atoms. The van der Waals surface area contributed by atoms with Crippen LogP contribution in [-0.2, 0) is 0 Å². The fraction of sp³-hybridized carbons (Fsp3) is 0.615. The molecule has 3 unspecified atom stereocenters. The highest BCUT2D eigenvalue weighted by atomic mass is 35.5. The van der Waals surface area contributed by atoms with Crippen LogP contribution in [0.4, 0.5) is 5.69 Å². The van der Waals surface area contributed by atoms with Crippen LogP contribution in [0.5, 0.6) is 0 Å². The van der Waals surface area contributed by atoms with Gasteiger partial charge in [-0.05, 0) is 49.7 Å². The highest BCUT2D eigenvalue weighted by Crippen LogP contribution is 2.46. The monoisotopic (exact) mass is 236 g/mol. The predicted octanol–water partition coefficient (Wildman–Crippen LogP) is 3.64. The van der Waals surface area contributed by atoms with Crippen molar-refractivity contribution >= 4 is 17.3 Å². The molecule has 2 fully saturated rings. The fourth-order valence-electron chi connectivity index (χ4n) is 3.31. The molecule has 0 saturated heterocycles. The molecule has 2 bridgehead atoms. The van der Waals surface area contributed by atoms with Crippen molar-refractivity contribution in [1.82, 2.24) is 4.98 Å². The van der Waals surface area contributed by atoms with E-state index in [2.05, 4.69) is 17.2 Å². The van der Waals surface area contributed by atoms with Crippen LogP contribution in [0.2, 0.25) is 5.15 Å². The number of nitrogens with zero attached hydrogens (tertiary/aromatic N) is 1. The zero-order chi connectivity index (χ0) is 11.1. The molecule has 2 aliphatic rings. The van der Waals surface area contributed by atoms with E-state index in [4.69, 9.17) is 11.6 Å². The van der Waals surface area contributed by atoms with E-state index in [1.165, 1.54) is 31.2 Å². The van der Waals surface area contributed by atoms with Crippen molar-refractivity contribution in [2.24, 2.45) is 11.8 Å². The Bertz CT molecular complexity index is 385. The van der Waals surface area contributed by atoms with Gasteiger partial charge in [-0.1, -0.05) is 18.0 Å². The van der Waals surface area contributed by atoms with Gasteiger partial charge in [0.1, 0.15) is 0 Å². The largest absolute Gasteiger partial charge is 0.379 e. The molecule has 1 aromatic rings. The van der Waals surface area contributed by atoms with Gasteiger partial charge in [0, 0.05) is 12.2 Å². The first-order valence-electron chi connectivity index (χ1n) is 6.11. The Kier molecular flexibility index (Phi) is 2.55. The summed E-state index contributed by atoms with van der Waals surface area (Å²) in [6, 6.07) is 2.64. The number of nitrogens with one attached hydrogen (secondary N) is 1. The van der Waals surface area contributed by atoms with Gasteiger partial charge in [-0.25, -0.2) is 4.98 Å². The van der Waals surface area contributed by atoms with Crippen LogP contribution in [-0.4, -0.2) is 11.0 Å². The number of aromatic nitrogens is 1. The first-order valence-corrected chi connectivity index (χ1v) is 6.49. The van der Waals surface area contributed by atoms with Gasteiger partial charge >= 0.3 is 0 Å². The maximum atomic E-state index is 6.14. The summed E-state index contributed by atoms with van der Waals surface area (Å²) in [5, 5.41) is 4.23. The van der Waals surface area contributed by atoms with Crippen molar-refractivity contribution in [2.75, 3.05) is 5.32 Å². The van der Waals surface area contributed by atoms with E-state index in [9.17, 15) is 0 Å². The normalized spacial score (nSPS) is 32.0. The van der Waals surface area contributed by atoms with Crippen LogP contribution in [0, 0.1) is 18.8 Å². The van der Waals surface area contributed by atoms with Crippen LogP contribution in [0.15, 0.2) is 12.3 Å². The number of anilines is 1. The Morgan fingerprint density at radius 1 is 1.38 bits per heavy atom. The van der Waals surface area contributed by atoms with Gasteiger partial charge < -0.3 is 5.32 Å². The van der Waals surface area contributed by atoms with Crippen molar-refractivity contribution < 1.29 is 0 Å². The fourth-order valence-corrected chi connectivity index (χ4v) is 3.57. The van der Waals surface area contributed by atoms with E-state index in [-0.39, 0.29) is 0 Å². The molecule has 86 valence electrons. The lowest BCUT2D eigenvalue weighted by molar-refractivity contribution is 0.439. The summed E-state index contributed by atoms with van der Waals surface area (Å²) in [6.07, 6.45) is 7.31. The zero-order valence-electron chi connectivity index (χ0n) is 9.54. The average molecular weight is 237 g/mol. The molecule has 1 N–H and O–H groups in total. The molecule has 3 atom stereocenters. The van der Waals surface area contributed by atoms with Crippen LogP contribution in [0.25, 0.3) is 0 Å². The lowest BCUT2D eigenvalue weighted by Gasteiger charge is -2.25. The maximum Gasteiger partial charge on any atom is 0.152 e. The molecule has 0 radical (unpaired) electrons. The van der Waals surface area contributed by atoms with E-state index in [0.717, 1.165) is 17.5 Å². The van der Waals surface area contributed by atoms with Gasteiger partial charge in [-0.3, -0.25) is 0 Å². The summed E-state index contributed by atoms with van der Waals surface area (Å²) in [5.74, 6) is 1.82. The molecule has 3 heteroatoms. The molecule has 3 rings (SSSR count). The van der Waals surface area contributed by atoms with Gasteiger partial charge in [0.25, 0.3) is 0 Å². The van der Waals surface area contributed by atoms with Gasteiger partial charge in [0.2, 0.25) is 0 Å². The molecule has 1 heterocycles. The van der Waals surface area contributed by atoms with Crippen LogP contribution < -0.4 is 5.32 Å². The first-order chi connectivity index (χ1) is 7.74. The third-order valence-electron chi connectivity index (χ3n) is 4.18. The number of hydrogen-bond acceptors (Lipinski definition) is 2. The molecule has 2 saturated carbocycles. The van der Waals surface area contributed by atoms with Crippen LogP contribution in [0.3, 0.4) is 0 Å².